The van der Waals surface area contributed by atoms with Crippen molar-refractivity contribution in [2.75, 3.05) is 12.3 Å². The van der Waals surface area contributed by atoms with Crippen molar-refractivity contribution in [2.24, 2.45) is 0 Å². The number of amides is 2. The minimum Gasteiger partial charge on any atom is -0.375 e. The number of fused-ring (bicyclic) bond motifs is 2. The second kappa shape index (κ2) is 5.05. The largest absolute Gasteiger partial charge is 0.375 e. The molecule has 2 saturated heterocycles. The molecule has 1 aromatic rings. The van der Waals surface area contributed by atoms with Gasteiger partial charge in [0.15, 0.2) is 5.13 Å². The number of nitrogens with two attached hydrogens (primary N) is 1. The van der Waals surface area contributed by atoms with Crippen molar-refractivity contribution < 1.29 is 9.59 Å². The monoisotopic (exact) mass is 294 g/mol. The molecule has 3 rings (SSSR count). The van der Waals surface area contributed by atoms with E-state index >= 15 is 0 Å². The van der Waals surface area contributed by atoms with Gasteiger partial charge in [-0.2, -0.15) is 0 Å². The van der Waals surface area contributed by atoms with E-state index in [0.717, 1.165) is 18.5 Å². The first-order valence-corrected chi connectivity index (χ1v) is 7.76. The van der Waals surface area contributed by atoms with Gasteiger partial charge in [0.05, 0.1) is 5.69 Å². The van der Waals surface area contributed by atoms with Gasteiger partial charge in [-0.25, -0.2) is 4.98 Å². The third-order valence-electron chi connectivity index (χ3n) is 4.05. The van der Waals surface area contributed by atoms with Gasteiger partial charge in [0.2, 0.25) is 5.91 Å². The standard InChI is InChI=1S/C13H18N4O2S/c1-2-9-11(20-13(14)16-9)12(19)17-7-3-4-8(17)6-15-10(18)5-7/h7-8H,2-6H2,1H3,(H2,14,16)(H,15,18)/t7-,8+/m0/s1. The van der Waals surface area contributed by atoms with Crippen LogP contribution in [0.5, 0.6) is 0 Å². The second-order valence-corrected chi connectivity index (χ2v) is 6.32. The molecule has 0 aliphatic carbocycles. The summed E-state index contributed by atoms with van der Waals surface area (Å²) in [6.45, 7) is 2.52. The average Bonchev–Trinajstić information content (AvgIpc) is 2.93. The van der Waals surface area contributed by atoms with E-state index in [1.807, 2.05) is 11.8 Å². The first-order chi connectivity index (χ1) is 9.60. The molecule has 6 nitrogen and oxygen atoms in total. The lowest BCUT2D eigenvalue weighted by Gasteiger charge is -2.27. The predicted molar refractivity (Wildman–Crippen MR) is 76.5 cm³/mol. The normalized spacial score (nSPS) is 25.4. The summed E-state index contributed by atoms with van der Waals surface area (Å²) in [5, 5.41) is 3.31. The van der Waals surface area contributed by atoms with Gasteiger partial charge in [-0.05, 0) is 19.3 Å². The summed E-state index contributed by atoms with van der Waals surface area (Å²) in [6.07, 6.45) is 2.94. The first kappa shape index (κ1) is 13.4. The van der Waals surface area contributed by atoms with Crippen molar-refractivity contribution in [2.45, 2.75) is 44.7 Å². The van der Waals surface area contributed by atoms with E-state index in [0.29, 0.717) is 29.4 Å². The number of hydrogen-bond donors (Lipinski definition) is 2. The van der Waals surface area contributed by atoms with E-state index in [9.17, 15) is 9.59 Å². The van der Waals surface area contributed by atoms with Gasteiger partial charge in [0, 0.05) is 25.0 Å². The lowest BCUT2D eigenvalue weighted by molar-refractivity contribution is -0.121. The highest BCUT2D eigenvalue weighted by Gasteiger charge is 2.41. The van der Waals surface area contributed by atoms with Crippen molar-refractivity contribution in [3.63, 3.8) is 0 Å². The van der Waals surface area contributed by atoms with Crippen molar-refractivity contribution in [3.8, 4) is 0 Å². The maximum atomic E-state index is 12.8. The second-order valence-electron chi connectivity index (χ2n) is 5.29. The fraction of sp³-hybridized carbons (Fsp3) is 0.615. The molecule has 3 heterocycles. The van der Waals surface area contributed by atoms with Crippen LogP contribution in [0.25, 0.3) is 0 Å². The maximum Gasteiger partial charge on any atom is 0.266 e. The topological polar surface area (TPSA) is 88.3 Å². The van der Waals surface area contributed by atoms with E-state index in [1.165, 1.54) is 11.3 Å². The van der Waals surface area contributed by atoms with Crippen molar-refractivity contribution >= 4 is 28.3 Å². The average molecular weight is 294 g/mol. The maximum absolute atomic E-state index is 12.8. The van der Waals surface area contributed by atoms with Crippen molar-refractivity contribution in [3.05, 3.63) is 10.6 Å². The molecule has 0 aromatic carbocycles. The Bertz CT molecular complexity index is 557. The van der Waals surface area contributed by atoms with Gasteiger partial charge in [0.25, 0.3) is 5.91 Å². The molecule has 2 bridgehead atoms. The minimum atomic E-state index is -0.0138. The summed E-state index contributed by atoms with van der Waals surface area (Å²) in [7, 11) is 0. The zero-order chi connectivity index (χ0) is 14.3. The summed E-state index contributed by atoms with van der Waals surface area (Å²) >= 11 is 1.25. The summed E-state index contributed by atoms with van der Waals surface area (Å²) in [5.74, 6) is 0.0228. The number of aryl methyl sites for hydroxylation is 1. The molecule has 0 radical (unpaired) electrons. The van der Waals surface area contributed by atoms with Gasteiger partial charge in [-0.15, -0.1) is 0 Å². The van der Waals surface area contributed by atoms with E-state index in [1.54, 1.807) is 0 Å². The number of carbonyl (C=O) groups is 2. The third-order valence-corrected chi connectivity index (χ3v) is 4.97. The van der Waals surface area contributed by atoms with Gasteiger partial charge in [0.1, 0.15) is 4.88 Å². The highest BCUT2D eigenvalue weighted by atomic mass is 32.1. The van der Waals surface area contributed by atoms with Crippen LogP contribution in [-0.4, -0.2) is 40.3 Å². The van der Waals surface area contributed by atoms with Crippen LogP contribution in [0.2, 0.25) is 0 Å². The van der Waals surface area contributed by atoms with Crippen LogP contribution in [-0.2, 0) is 11.2 Å². The zero-order valence-corrected chi connectivity index (χ0v) is 12.2. The van der Waals surface area contributed by atoms with Gasteiger partial charge >= 0.3 is 0 Å². The summed E-state index contributed by atoms with van der Waals surface area (Å²) in [4.78, 5) is 31.2. The molecule has 2 amide bonds. The van der Waals surface area contributed by atoms with Gasteiger partial charge < -0.3 is 16.0 Å². The fourth-order valence-electron chi connectivity index (χ4n) is 3.11. The lowest BCUT2D eigenvalue weighted by atomic mass is 10.1. The molecular weight excluding hydrogens is 276 g/mol. The van der Waals surface area contributed by atoms with E-state index in [4.69, 9.17) is 5.73 Å². The Morgan fingerprint density at radius 3 is 3.00 bits per heavy atom. The number of nitrogens with zero attached hydrogens (tertiary/aromatic N) is 2. The van der Waals surface area contributed by atoms with E-state index in [2.05, 4.69) is 10.3 Å². The van der Waals surface area contributed by atoms with Crippen LogP contribution in [0.15, 0.2) is 0 Å². The van der Waals surface area contributed by atoms with E-state index in [-0.39, 0.29) is 23.9 Å². The molecule has 0 saturated carbocycles. The summed E-state index contributed by atoms with van der Waals surface area (Å²) in [6, 6.07) is 0.120. The van der Waals surface area contributed by atoms with Crippen LogP contribution in [0, 0.1) is 0 Å². The summed E-state index contributed by atoms with van der Waals surface area (Å²) in [5.41, 5.74) is 6.49. The Labute approximate surface area is 121 Å². The van der Waals surface area contributed by atoms with E-state index < -0.39 is 0 Å². The fourth-order valence-corrected chi connectivity index (χ4v) is 3.97. The highest BCUT2D eigenvalue weighted by Crippen LogP contribution is 2.32. The third kappa shape index (κ3) is 2.15. The number of aromatic nitrogens is 1. The molecule has 1 aromatic heterocycles. The van der Waals surface area contributed by atoms with Gasteiger partial charge in [-0.1, -0.05) is 18.3 Å². The van der Waals surface area contributed by atoms with Gasteiger partial charge in [-0.3, -0.25) is 9.59 Å². The Kier molecular flexibility index (Phi) is 3.37. The quantitative estimate of drug-likeness (QED) is 0.843. The van der Waals surface area contributed by atoms with Crippen LogP contribution in [0.3, 0.4) is 0 Å². The Morgan fingerprint density at radius 2 is 2.25 bits per heavy atom. The molecule has 0 spiro atoms. The van der Waals surface area contributed by atoms with Crippen molar-refractivity contribution in [1.82, 2.24) is 15.2 Å². The number of rotatable bonds is 2. The number of nitrogen functional groups attached to an aromatic ring is 1. The molecule has 7 heteroatoms. The molecule has 2 fully saturated rings. The smallest absolute Gasteiger partial charge is 0.266 e. The SMILES string of the molecule is CCc1nc(N)sc1C(=O)N1[C@@H]2CC[C@H]1CC(=O)NC2. The van der Waals surface area contributed by atoms with Crippen LogP contribution in [0.1, 0.15) is 41.6 Å². The lowest BCUT2D eigenvalue weighted by Crippen LogP contribution is -2.42. The molecule has 2 aliphatic rings. The number of hydrogen-bond acceptors (Lipinski definition) is 5. The zero-order valence-electron chi connectivity index (χ0n) is 11.4. The molecule has 20 heavy (non-hydrogen) atoms. The number of thiazole rings is 1. The molecule has 2 aliphatic heterocycles. The minimum absolute atomic E-state index is 0.0138. The molecule has 2 atom stereocenters. The number of carbonyl (C=O) groups excluding carboxylic acids is 2. The molecule has 0 unspecified atom stereocenters. The highest BCUT2D eigenvalue weighted by molar-refractivity contribution is 7.17. The van der Waals surface area contributed by atoms with Crippen molar-refractivity contribution in [1.29, 1.82) is 0 Å². The Hall–Kier alpha value is -1.63. The van der Waals surface area contributed by atoms with Crippen LogP contribution < -0.4 is 11.1 Å². The molecule has 108 valence electrons. The van der Waals surface area contributed by atoms with Crippen LogP contribution in [0.4, 0.5) is 5.13 Å². The Balaban J connectivity index is 1.91. The molecular formula is C13H18N4O2S. The molecule has 3 N–H and O–H groups in total. The number of nitrogens with one attached hydrogen (secondary N) is 1. The number of anilines is 1. The first-order valence-electron chi connectivity index (χ1n) is 6.94. The Morgan fingerprint density at radius 1 is 1.50 bits per heavy atom. The van der Waals surface area contributed by atoms with Crippen LogP contribution >= 0.6 is 11.3 Å². The predicted octanol–water partition coefficient (Wildman–Crippen LogP) is 0.781. The summed E-state index contributed by atoms with van der Waals surface area (Å²) < 4.78 is 0.